The zero-order valence-electron chi connectivity index (χ0n) is 7.04. The van der Waals surface area contributed by atoms with E-state index in [1.54, 1.807) is 0 Å². The normalized spacial score (nSPS) is 19.2. The lowest BCUT2D eigenvalue weighted by atomic mass is 10.1. The third-order valence-electron chi connectivity index (χ3n) is 1.20. The lowest BCUT2D eigenvalue weighted by molar-refractivity contribution is -0.146. The van der Waals surface area contributed by atoms with Crippen molar-refractivity contribution in [2.45, 2.75) is 12.2 Å². The molecule has 6 heteroatoms. The molecule has 0 fully saturated rings. The highest BCUT2D eigenvalue weighted by Crippen LogP contribution is 1.96. The highest BCUT2D eigenvalue weighted by molar-refractivity contribution is 5.93. The van der Waals surface area contributed by atoms with Crippen LogP contribution in [0.25, 0.3) is 0 Å². The number of rotatable bonds is 5. The van der Waals surface area contributed by atoms with E-state index in [-0.39, 0.29) is 0 Å². The van der Waals surface area contributed by atoms with Gasteiger partial charge in [0.25, 0.3) is 0 Å². The summed E-state index contributed by atoms with van der Waals surface area (Å²) in [6, 6.07) is 0. The Labute approximate surface area is 69.5 Å². The summed E-state index contributed by atoms with van der Waals surface area (Å²) in [7, 11) is 0. The second-order valence-corrected chi connectivity index (χ2v) is 2.05. The molecule has 0 spiro atoms. The second-order valence-electron chi connectivity index (χ2n) is 2.05. The van der Waals surface area contributed by atoms with Crippen LogP contribution in [-0.2, 0) is 9.59 Å². The van der Waals surface area contributed by atoms with Crippen LogP contribution in [0.1, 0.15) is 1.37 Å². The number of aliphatic hydroxyl groups is 4. The molecule has 0 heterocycles. The van der Waals surface area contributed by atoms with Crippen molar-refractivity contribution < 1.29 is 31.4 Å². The van der Waals surface area contributed by atoms with Crippen LogP contribution in [0, 0.1) is 0 Å². The quantitative estimate of drug-likeness (QED) is 0.354. The molecule has 0 aliphatic rings. The predicted octanol–water partition coefficient (Wildman–Crippen LogP) is -3.17. The topological polar surface area (TPSA) is 115 Å². The fraction of sp³-hybridized carbons (Fsp3) is 0.667. The minimum Gasteiger partial charge on any atom is -0.388 e. The van der Waals surface area contributed by atoms with Gasteiger partial charge in [-0.05, 0) is 0 Å². The van der Waals surface area contributed by atoms with Gasteiger partial charge in [0.2, 0.25) is 0 Å². The van der Waals surface area contributed by atoms with Gasteiger partial charge in [-0.1, -0.05) is 0 Å². The van der Waals surface area contributed by atoms with Gasteiger partial charge in [0.1, 0.15) is 25.4 Å². The maximum atomic E-state index is 10.6. The molecular weight excluding hydrogens is 168 g/mol. The Bertz CT molecular complexity index is 203. The van der Waals surface area contributed by atoms with Crippen molar-refractivity contribution in [3.05, 3.63) is 0 Å². The van der Waals surface area contributed by atoms with E-state index in [9.17, 15) is 9.59 Å². The van der Waals surface area contributed by atoms with E-state index >= 15 is 0 Å². The Morgan fingerprint density at radius 2 is 1.58 bits per heavy atom. The first kappa shape index (κ1) is 9.27. The molecule has 0 bridgehead atoms. The van der Waals surface area contributed by atoms with Crippen molar-refractivity contribution in [3.8, 4) is 0 Å². The second kappa shape index (κ2) is 4.94. The van der Waals surface area contributed by atoms with Crippen LogP contribution in [-0.4, -0.2) is 57.4 Å². The Balaban J connectivity index is 4.33. The molecule has 0 aliphatic heterocycles. The van der Waals surface area contributed by atoms with Crippen LogP contribution in [0.4, 0.5) is 0 Å². The summed E-state index contributed by atoms with van der Waals surface area (Å²) < 4.78 is 6.47. The van der Waals surface area contributed by atoms with Gasteiger partial charge in [-0.25, -0.2) is 0 Å². The number of ketones is 2. The fourth-order valence-electron chi connectivity index (χ4n) is 0.502. The number of Topliss-reactive ketones (excluding diaryl/α,β-unsaturated/α-hetero) is 2. The number of hydrogen-bond acceptors (Lipinski definition) is 6. The zero-order chi connectivity index (χ0) is 10.6. The highest BCUT2D eigenvalue weighted by Gasteiger charge is 2.28. The summed E-state index contributed by atoms with van der Waals surface area (Å²) in [5.41, 5.74) is 0. The van der Waals surface area contributed by atoms with Crippen molar-refractivity contribution in [1.29, 1.82) is 0 Å². The third kappa shape index (κ3) is 2.67. The van der Waals surface area contributed by atoms with Gasteiger partial charge in [0.15, 0.2) is 11.6 Å². The SMILES string of the molecule is [2H]C(O)C(=O)[C@@H](O)[C@H](O)C(=O)CO. The molecule has 12 heavy (non-hydrogen) atoms. The number of carbonyl (C=O) groups excluding carboxylic acids is 2. The van der Waals surface area contributed by atoms with Crippen LogP contribution >= 0.6 is 0 Å². The highest BCUT2D eigenvalue weighted by atomic mass is 16.4. The molecule has 6 nitrogen and oxygen atoms in total. The monoisotopic (exact) mass is 179 g/mol. The largest absolute Gasteiger partial charge is 0.388 e. The summed E-state index contributed by atoms with van der Waals surface area (Å²) in [6.45, 7) is -3.24. The van der Waals surface area contributed by atoms with Gasteiger partial charge >= 0.3 is 0 Å². The molecule has 70 valence electrons. The number of hydrogen-bond donors (Lipinski definition) is 4. The Hall–Kier alpha value is -0.820. The van der Waals surface area contributed by atoms with E-state index in [0.717, 1.165) is 0 Å². The van der Waals surface area contributed by atoms with E-state index in [1.807, 2.05) is 0 Å². The molecule has 1 unspecified atom stereocenters. The fourth-order valence-corrected chi connectivity index (χ4v) is 0.502. The van der Waals surface area contributed by atoms with E-state index in [1.165, 1.54) is 0 Å². The van der Waals surface area contributed by atoms with Crippen LogP contribution in [0.15, 0.2) is 0 Å². The molecule has 0 aromatic carbocycles. The molecule has 0 aromatic heterocycles. The minimum atomic E-state index is -2.21. The van der Waals surface area contributed by atoms with E-state index in [4.69, 9.17) is 21.8 Å². The maximum absolute atomic E-state index is 10.6. The van der Waals surface area contributed by atoms with Crippen LogP contribution in [0.5, 0.6) is 0 Å². The van der Waals surface area contributed by atoms with Gasteiger partial charge in [-0.3, -0.25) is 9.59 Å². The minimum absolute atomic E-state index is 1.03. The lowest BCUT2D eigenvalue weighted by Crippen LogP contribution is -2.42. The van der Waals surface area contributed by atoms with Gasteiger partial charge in [-0.15, -0.1) is 0 Å². The molecular formula is C6H10O6. The van der Waals surface area contributed by atoms with Crippen LogP contribution < -0.4 is 0 Å². The molecule has 0 aliphatic carbocycles. The van der Waals surface area contributed by atoms with Gasteiger partial charge in [0, 0.05) is 0 Å². The average molecular weight is 179 g/mol. The maximum Gasteiger partial charge on any atom is 0.189 e. The third-order valence-corrected chi connectivity index (χ3v) is 1.20. The van der Waals surface area contributed by atoms with Crippen LogP contribution in [0.3, 0.4) is 0 Å². The standard InChI is InChI=1S/C6H10O6/c7-1-3(9)5(11)6(12)4(10)2-8/h5-8,11-12H,1-2H2/t5-,6-/m1/s1/i1D/t1?,5-,6-. The molecule has 3 atom stereocenters. The molecule has 0 amide bonds. The van der Waals surface area contributed by atoms with Gasteiger partial charge < -0.3 is 20.4 Å². The predicted molar refractivity (Wildman–Crippen MR) is 36.2 cm³/mol. The zero-order valence-corrected chi connectivity index (χ0v) is 6.04. The molecule has 0 saturated heterocycles. The van der Waals surface area contributed by atoms with E-state index < -0.39 is 37.0 Å². The first-order valence-corrected chi connectivity index (χ1v) is 3.05. The van der Waals surface area contributed by atoms with Crippen molar-refractivity contribution in [2.24, 2.45) is 0 Å². The summed E-state index contributed by atoms with van der Waals surface area (Å²) in [4.78, 5) is 21.1. The number of carbonyl (C=O) groups is 2. The molecule has 0 saturated carbocycles. The molecule has 0 rings (SSSR count). The Kier molecular flexibility index (Phi) is 3.81. The van der Waals surface area contributed by atoms with Crippen molar-refractivity contribution in [2.75, 3.05) is 13.2 Å². The Morgan fingerprint density at radius 1 is 1.17 bits per heavy atom. The first-order chi connectivity index (χ1) is 5.91. The van der Waals surface area contributed by atoms with Crippen molar-refractivity contribution in [1.82, 2.24) is 0 Å². The molecule has 0 radical (unpaired) electrons. The van der Waals surface area contributed by atoms with Crippen LogP contribution in [0.2, 0.25) is 0 Å². The summed E-state index contributed by atoms with van der Waals surface area (Å²) in [5, 5.41) is 34.3. The Morgan fingerprint density at radius 3 is 1.92 bits per heavy atom. The molecule has 4 N–H and O–H groups in total. The number of aliphatic hydroxyl groups excluding tert-OH is 4. The summed E-state index contributed by atoms with van der Waals surface area (Å²) in [6.07, 6.45) is -4.27. The average Bonchev–Trinajstić information content (AvgIpc) is 2.12. The van der Waals surface area contributed by atoms with Gasteiger partial charge in [0.05, 0.1) is 1.37 Å². The van der Waals surface area contributed by atoms with Crippen molar-refractivity contribution in [3.63, 3.8) is 0 Å². The first-order valence-electron chi connectivity index (χ1n) is 3.63. The van der Waals surface area contributed by atoms with E-state index in [2.05, 4.69) is 0 Å². The summed E-state index contributed by atoms with van der Waals surface area (Å²) >= 11 is 0. The molecule has 0 aromatic rings. The summed E-state index contributed by atoms with van der Waals surface area (Å²) in [5.74, 6) is -2.55. The van der Waals surface area contributed by atoms with Gasteiger partial charge in [-0.2, -0.15) is 0 Å². The lowest BCUT2D eigenvalue weighted by Gasteiger charge is -2.12. The smallest absolute Gasteiger partial charge is 0.189 e. The van der Waals surface area contributed by atoms with Crippen molar-refractivity contribution >= 4 is 11.6 Å². The van der Waals surface area contributed by atoms with E-state index in [0.29, 0.717) is 0 Å².